The van der Waals surface area contributed by atoms with Gasteiger partial charge in [-0.2, -0.15) is 0 Å². The zero-order valence-corrected chi connectivity index (χ0v) is 10.1. The van der Waals surface area contributed by atoms with Crippen LogP contribution in [0.15, 0.2) is 35.9 Å². The quantitative estimate of drug-likeness (QED) is 0.593. The van der Waals surface area contributed by atoms with E-state index in [4.69, 9.17) is 9.47 Å². The van der Waals surface area contributed by atoms with Crippen molar-refractivity contribution in [3.63, 3.8) is 0 Å². The van der Waals surface area contributed by atoms with Crippen molar-refractivity contribution < 1.29 is 14.3 Å². The van der Waals surface area contributed by atoms with Crippen molar-refractivity contribution in [1.29, 1.82) is 0 Å². The van der Waals surface area contributed by atoms with Crippen molar-refractivity contribution in [2.75, 3.05) is 14.2 Å². The fourth-order valence-corrected chi connectivity index (χ4v) is 2.17. The summed E-state index contributed by atoms with van der Waals surface area (Å²) in [6, 6.07) is 9.72. The summed E-state index contributed by atoms with van der Waals surface area (Å²) in [5, 5.41) is 0. The topological polar surface area (TPSA) is 35.5 Å². The highest BCUT2D eigenvalue weighted by molar-refractivity contribution is 6.03. The third-order valence-corrected chi connectivity index (χ3v) is 3.16. The van der Waals surface area contributed by atoms with Gasteiger partial charge in [0.2, 0.25) is 0 Å². The Morgan fingerprint density at radius 2 is 1.82 bits per heavy atom. The number of hydrogen-bond acceptors (Lipinski definition) is 3. The van der Waals surface area contributed by atoms with Gasteiger partial charge in [0.25, 0.3) is 0 Å². The van der Waals surface area contributed by atoms with Gasteiger partial charge in [-0.3, -0.25) is 4.79 Å². The van der Waals surface area contributed by atoms with Crippen LogP contribution >= 0.6 is 0 Å². The fraction of sp³-hybridized carbons (Fsp3) is 0.357. The third kappa shape index (κ3) is 2.16. The summed E-state index contributed by atoms with van der Waals surface area (Å²) in [6.45, 7) is 0. The lowest BCUT2D eigenvalue weighted by Gasteiger charge is -2.26. The molecule has 1 aliphatic carbocycles. The first-order valence-corrected chi connectivity index (χ1v) is 5.62. The first-order valence-electron chi connectivity index (χ1n) is 5.62. The molecule has 17 heavy (non-hydrogen) atoms. The van der Waals surface area contributed by atoms with E-state index in [1.807, 2.05) is 36.4 Å². The van der Waals surface area contributed by atoms with Crippen LogP contribution in [-0.4, -0.2) is 25.8 Å². The lowest BCUT2D eigenvalue weighted by atomic mass is 10.1. The largest absolute Gasteiger partial charge is 0.349 e. The van der Waals surface area contributed by atoms with Crippen LogP contribution in [0, 0.1) is 0 Å². The molecule has 0 aromatic heterocycles. The zero-order chi connectivity index (χ0) is 12.3. The van der Waals surface area contributed by atoms with Crippen LogP contribution in [0.25, 0.3) is 6.08 Å². The molecule has 1 aliphatic rings. The summed E-state index contributed by atoms with van der Waals surface area (Å²) < 4.78 is 10.8. The van der Waals surface area contributed by atoms with Crippen LogP contribution in [-0.2, 0) is 14.3 Å². The van der Waals surface area contributed by atoms with Crippen LogP contribution in [0.3, 0.4) is 0 Å². The molecule has 0 unspecified atom stereocenters. The highest BCUT2D eigenvalue weighted by Gasteiger charge is 2.44. The van der Waals surface area contributed by atoms with Gasteiger partial charge in [-0.25, -0.2) is 0 Å². The molecule has 1 fully saturated rings. The summed E-state index contributed by atoms with van der Waals surface area (Å²) in [6.07, 6.45) is 2.90. The Bertz CT molecular complexity index is 430. The monoisotopic (exact) mass is 232 g/mol. The Labute approximate surface area is 101 Å². The Hall–Kier alpha value is -1.45. The minimum Gasteiger partial charge on any atom is -0.349 e. The second-order valence-corrected chi connectivity index (χ2v) is 4.05. The van der Waals surface area contributed by atoms with E-state index >= 15 is 0 Å². The minimum absolute atomic E-state index is 0.0950. The number of methoxy groups -OCH3 is 2. The highest BCUT2D eigenvalue weighted by Crippen LogP contribution is 2.37. The zero-order valence-electron chi connectivity index (χ0n) is 10.1. The number of carbonyl (C=O) groups is 1. The third-order valence-electron chi connectivity index (χ3n) is 3.16. The molecule has 0 radical (unpaired) electrons. The smallest absolute Gasteiger partial charge is 0.198 e. The molecule has 0 N–H and O–H groups in total. The van der Waals surface area contributed by atoms with Crippen molar-refractivity contribution in [2.24, 2.45) is 0 Å². The first-order chi connectivity index (χ1) is 8.22. The van der Waals surface area contributed by atoms with Gasteiger partial charge >= 0.3 is 0 Å². The van der Waals surface area contributed by atoms with Gasteiger partial charge in [-0.05, 0) is 11.6 Å². The van der Waals surface area contributed by atoms with Crippen LogP contribution < -0.4 is 0 Å². The lowest BCUT2D eigenvalue weighted by molar-refractivity contribution is -0.172. The van der Waals surface area contributed by atoms with E-state index in [0.29, 0.717) is 18.4 Å². The van der Waals surface area contributed by atoms with E-state index in [9.17, 15) is 4.79 Å². The Morgan fingerprint density at radius 3 is 2.41 bits per heavy atom. The number of rotatable bonds is 3. The molecule has 90 valence electrons. The summed E-state index contributed by atoms with van der Waals surface area (Å²) in [4.78, 5) is 11.9. The molecule has 0 spiro atoms. The van der Waals surface area contributed by atoms with Gasteiger partial charge in [-0.1, -0.05) is 30.3 Å². The summed E-state index contributed by atoms with van der Waals surface area (Å²) in [5.74, 6) is -0.773. The Kier molecular flexibility index (Phi) is 3.41. The maximum atomic E-state index is 11.9. The van der Waals surface area contributed by atoms with Gasteiger partial charge in [0, 0.05) is 27.1 Å². The minimum atomic E-state index is -0.868. The molecule has 2 rings (SSSR count). The molecule has 0 aliphatic heterocycles. The van der Waals surface area contributed by atoms with Gasteiger partial charge in [-0.15, -0.1) is 0 Å². The summed E-state index contributed by atoms with van der Waals surface area (Å²) in [7, 11) is 3.14. The van der Waals surface area contributed by atoms with Gasteiger partial charge < -0.3 is 9.47 Å². The molecule has 0 amide bonds. The average molecular weight is 232 g/mol. The number of ether oxygens (including phenoxy) is 2. The number of hydrogen-bond donors (Lipinski definition) is 0. The number of Topliss-reactive ketones (excluding diaryl/α,β-unsaturated/α-hetero) is 1. The van der Waals surface area contributed by atoms with Crippen molar-refractivity contribution in [3.05, 3.63) is 41.5 Å². The molecule has 0 heterocycles. The number of benzene rings is 1. The van der Waals surface area contributed by atoms with Gasteiger partial charge in [0.1, 0.15) is 0 Å². The molecule has 3 heteroatoms. The van der Waals surface area contributed by atoms with E-state index < -0.39 is 5.79 Å². The number of ketones is 1. The van der Waals surface area contributed by atoms with Gasteiger partial charge in [0.05, 0.1) is 5.57 Å². The van der Waals surface area contributed by atoms with E-state index in [2.05, 4.69) is 0 Å². The van der Waals surface area contributed by atoms with Crippen LogP contribution in [0.5, 0.6) is 0 Å². The van der Waals surface area contributed by atoms with Crippen LogP contribution in [0.2, 0.25) is 0 Å². The summed E-state index contributed by atoms with van der Waals surface area (Å²) >= 11 is 0. The van der Waals surface area contributed by atoms with E-state index in [-0.39, 0.29) is 5.78 Å². The molecular formula is C14H16O3. The SMILES string of the molecule is COC1(OC)CCC(=O)C1=Cc1ccccc1. The molecule has 1 aromatic carbocycles. The van der Waals surface area contributed by atoms with Crippen LogP contribution in [0.4, 0.5) is 0 Å². The molecule has 3 nitrogen and oxygen atoms in total. The van der Waals surface area contributed by atoms with Crippen molar-refractivity contribution >= 4 is 11.9 Å². The first kappa shape index (κ1) is 12.0. The predicted molar refractivity (Wildman–Crippen MR) is 65.4 cm³/mol. The maximum Gasteiger partial charge on any atom is 0.198 e. The Morgan fingerprint density at radius 1 is 1.18 bits per heavy atom. The molecule has 0 saturated heterocycles. The molecule has 0 bridgehead atoms. The van der Waals surface area contributed by atoms with Crippen molar-refractivity contribution in [2.45, 2.75) is 18.6 Å². The molecule has 1 aromatic rings. The standard InChI is InChI=1S/C14H16O3/c1-16-14(17-2)9-8-13(15)12(14)10-11-6-4-3-5-7-11/h3-7,10H,8-9H2,1-2H3. The maximum absolute atomic E-state index is 11.9. The number of carbonyl (C=O) groups excluding carboxylic acids is 1. The second kappa shape index (κ2) is 4.82. The Balaban J connectivity index is 2.41. The molecular weight excluding hydrogens is 216 g/mol. The van der Waals surface area contributed by atoms with Gasteiger partial charge in [0.15, 0.2) is 11.6 Å². The lowest BCUT2D eigenvalue weighted by Crippen LogP contribution is -2.33. The molecule has 1 saturated carbocycles. The van der Waals surface area contributed by atoms with E-state index in [0.717, 1.165) is 5.56 Å². The van der Waals surface area contributed by atoms with Crippen molar-refractivity contribution in [1.82, 2.24) is 0 Å². The normalized spacial score (nSPS) is 21.1. The van der Waals surface area contributed by atoms with Crippen molar-refractivity contribution in [3.8, 4) is 0 Å². The molecule has 0 atom stereocenters. The predicted octanol–water partition coefficient (Wildman–Crippen LogP) is 2.42. The van der Waals surface area contributed by atoms with Crippen LogP contribution in [0.1, 0.15) is 18.4 Å². The highest BCUT2D eigenvalue weighted by atomic mass is 16.7. The average Bonchev–Trinajstić information content (AvgIpc) is 2.69. The summed E-state index contributed by atoms with van der Waals surface area (Å²) in [5.41, 5.74) is 1.59. The van der Waals surface area contributed by atoms with E-state index in [1.165, 1.54) is 0 Å². The fourth-order valence-electron chi connectivity index (χ4n) is 2.17. The second-order valence-electron chi connectivity index (χ2n) is 4.05. The van der Waals surface area contributed by atoms with E-state index in [1.54, 1.807) is 14.2 Å².